The van der Waals surface area contributed by atoms with Crippen LogP contribution in [-0.4, -0.2) is 0 Å². The molecule has 1 fully saturated rings. The maximum absolute atomic E-state index is 2.53. The number of rotatable bonds is 6. The van der Waals surface area contributed by atoms with Crippen LogP contribution in [0.1, 0.15) is 75.2 Å². The summed E-state index contributed by atoms with van der Waals surface area (Å²) in [6.07, 6.45) is 2.84. The second-order valence-corrected chi connectivity index (χ2v) is 8.59. The van der Waals surface area contributed by atoms with Crippen LogP contribution in [-0.2, 0) is 0 Å². The minimum absolute atomic E-state index is 0.808. The molecule has 0 nitrogen and oxygen atoms in total. The van der Waals surface area contributed by atoms with E-state index in [9.17, 15) is 0 Å². The Hall–Kier alpha value is 0. The highest BCUT2D eigenvalue weighted by atomic mass is 14.5. The van der Waals surface area contributed by atoms with Gasteiger partial charge in [-0.05, 0) is 59.7 Å². The molecule has 120 valence electrons. The summed E-state index contributed by atoms with van der Waals surface area (Å²) in [7, 11) is 0. The molecule has 0 radical (unpaired) electrons. The average Bonchev–Trinajstić information content (AvgIpc) is 2.62. The molecule has 0 bridgehead atoms. The molecular weight excluding hydrogens is 240 g/mol. The lowest BCUT2D eigenvalue weighted by Gasteiger charge is -2.41. The van der Waals surface area contributed by atoms with E-state index in [1.807, 2.05) is 0 Å². The van der Waals surface area contributed by atoms with Crippen molar-refractivity contribution in [2.75, 3.05) is 0 Å². The first kappa shape index (κ1) is 18.1. The summed E-state index contributed by atoms with van der Waals surface area (Å²) in [4.78, 5) is 0. The van der Waals surface area contributed by atoms with Crippen molar-refractivity contribution in [3.63, 3.8) is 0 Å². The molecule has 1 aliphatic carbocycles. The van der Waals surface area contributed by atoms with Gasteiger partial charge in [-0.3, -0.25) is 0 Å². The molecule has 0 heteroatoms. The van der Waals surface area contributed by atoms with Gasteiger partial charge < -0.3 is 0 Å². The Morgan fingerprint density at radius 3 is 1.70 bits per heavy atom. The van der Waals surface area contributed by atoms with E-state index < -0.39 is 0 Å². The van der Waals surface area contributed by atoms with Gasteiger partial charge in [0.25, 0.3) is 0 Å². The number of hydrogen-bond acceptors (Lipinski definition) is 0. The molecular formula is C20H40. The van der Waals surface area contributed by atoms with Crippen molar-refractivity contribution in [1.29, 1.82) is 0 Å². The van der Waals surface area contributed by atoms with Gasteiger partial charge in [0.2, 0.25) is 0 Å². The highest BCUT2D eigenvalue weighted by molar-refractivity contribution is 4.92. The molecule has 0 heterocycles. The van der Waals surface area contributed by atoms with E-state index >= 15 is 0 Å². The Morgan fingerprint density at radius 1 is 0.850 bits per heavy atom. The summed E-state index contributed by atoms with van der Waals surface area (Å²) in [5.74, 6) is 7.99. The van der Waals surface area contributed by atoms with Crippen molar-refractivity contribution in [3.8, 4) is 0 Å². The summed E-state index contributed by atoms with van der Waals surface area (Å²) in [5, 5.41) is 0. The van der Waals surface area contributed by atoms with Crippen LogP contribution in [0.25, 0.3) is 0 Å². The summed E-state index contributed by atoms with van der Waals surface area (Å²) in [6.45, 7) is 22.2. The third-order valence-corrected chi connectivity index (χ3v) is 6.99. The maximum atomic E-state index is 2.53. The van der Waals surface area contributed by atoms with E-state index in [4.69, 9.17) is 0 Å². The Labute approximate surface area is 129 Å². The smallest absolute Gasteiger partial charge is 0.0332 e. The second kappa shape index (κ2) is 7.32. The Kier molecular flexibility index (Phi) is 6.61. The molecule has 1 aliphatic rings. The highest BCUT2D eigenvalue weighted by Crippen LogP contribution is 2.50. The van der Waals surface area contributed by atoms with E-state index in [1.54, 1.807) is 0 Å². The standard InChI is InChI=1S/C20H40/c1-10-18(19-11-14(6)16(8)17(19)9)20(13(4)5)15(7)12(2)3/h12-20H,10-11H2,1-9H3. The van der Waals surface area contributed by atoms with E-state index in [0.717, 1.165) is 53.3 Å². The van der Waals surface area contributed by atoms with Crippen molar-refractivity contribution in [2.24, 2.45) is 53.3 Å². The monoisotopic (exact) mass is 280 g/mol. The third kappa shape index (κ3) is 3.60. The third-order valence-electron chi connectivity index (χ3n) is 6.99. The van der Waals surface area contributed by atoms with Gasteiger partial charge in [-0.25, -0.2) is 0 Å². The van der Waals surface area contributed by atoms with Gasteiger partial charge in [-0.1, -0.05) is 68.7 Å². The van der Waals surface area contributed by atoms with Gasteiger partial charge in [-0.2, -0.15) is 0 Å². The van der Waals surface area contributed by atoms with Crippen molar-refractivity contribution < 1.29 is 0 Å². The van der Waals surface area contributed by atoms with Crippen LogP contribution < -0.4 is 0 Å². The maximum Gasteiger partial charge on any atom is -0.0332 e. The van der Waals surface area contributed by atoms with Gasteiger partial charge >= 0.3 is 0 Å². The van der Waals surface area contributed by atoms with E-state index in [2.05, 4.69) is 62.3 Å². The highest BCUT2D eigenvalue weighted by Gasteiger charge is 2.43. The average molecular weight is 281 g/mol. The fraction of sp³-hybridized carbons (Fsp3) is 1.00. The predicted octanol–water partition coefficient (Wildman–Crippen LogP) is 6.51. The predicted molar refractivity (Wildman–Crippen MR) is 91.7 cm³/mol. The molecule has 20 heavy (non-hydrogen) atoms. The van der Waals surface area contributed by atoms with Crippen molar-refractivity contribution in [3.05, 3.63) is 0 Å². The fourth-order valence-corrected chi connectivity index (χ4v) is 5.13. The molecule has 0 aliphatic heterocycles. The molecule has 7 atom stereocenters. The van der Waals surface area contributed by atoms with Crippen LogP contribution in [0.2, 0.25) is 0 Å². The zero-order valence-corrected chi connectivity index (χ0v) is 15.6. The van der Waals surface area contributed by atoms with Crippen molar-refractivity contribution >= 4 is 0 Å². The molecule has 0 saturated heterocycles. The van der Waals surface area contributed by atoms with Crippen LogP contribution in [0.15, 0.2) is 0 Å². The van der Waals surface area contributed by atoms with Gasteiger partial charge in [0.05, 0.1) is 0 Å². The summed E-state index contributed by atoms with van der Waals surface area (Å²) < 4.78 is 0. The van der Waals surface area contributed by atoms with E-state index in [-0.39, 0.29) is 0 Å². The van der Waals surface area contributed by atoms with Crippen LogP contribution >= 0.6 is 0 Å². The summed E-state index contributed by atoms with van der Waals surface area (Å²) in [6, 6.07) is 0. The lowest BCUT2D eigenvalue weighted by molar-refractivity contribution is 0.0741. The summed E-state index contributed by atoms with van der Waals surface area (Å²) >= 11 is 0. The van der Waals surface area contributed by atoms with Crippen LogP contribution in [0.3, 0.4) is 0 Å². The zero-order valence-electron chi connectivity index (χ0n) is 15.6. The Morgan fingerprint density at radius 2 is 1.40 bits per heavy atom. The van der Waals surface area contributed by atoms with Crippen molar-refractivity contribution in [2.45, 2.75) is 75.2 Å². The Bertz CT molecular complexity index is 278. The van der Waals surface area contributed by atoms with Gasteiger partial charge in [0, 0.05) is 0 Å². The largest absolute Gasteiger partial charge is 0.0651 e. The number of hydrogen-bond donors (Lipinski definition) is 0. The molecule has 0 amide bonds. The first-order valence-electron chi connectivity index (χ1n) is 9.22. The first-order valence-corrected chi connectivity index (χ1v) is 9.22. The molecule has 1 rings (SSSR count). The minimum Gasteiger partial charge on any atom is -0.0651 e. The van der Waals surface area contributed by atoms with Gasteiger partial charge in [-0.15, -0.1) is 0 Å². The lowest BCUT2D eigenvalue weighted by atomic mass is 9.64. The normalized spacial score (nSPS) is 35.5. The fourth-order valence-electron chi connectivity index (χ4n) is 5.13. The second-order valence-electron chi connectivity index (χ2n) is 8.59. The van der Waals surface area contributed by atoms with Crippen LogP contribution in [0.4, 0.5) is 0 Å². The SMILES string of the molecule is CCC(C1CC(C)C(C)C1C)C(C(C)C)C(C)C(C)C. The van der Waals surface area contributed by atoms with Gasteiger partial charge in [0.1, 0.15) is 0 Å². The lowest BCUT2D eigenvalue weighted by Crippen LogP contribution is -2.35. The molecule has 1 saturated carbocycles. The van der Waals surface area contributed by atoms with E-state index in [1.165, 1.54) is 12.8 Å². The molecule has 0 aromatic carbocycles. The molecule has 0 spiro atoms. The Balaban J connectivity index is 2.97. The topological polar surface area (TPSA) is 0 Å². The van der Waals surface area contributed by atoms with Crippen LogP contribution in [0.5, 0.6) is 0 Å². The molecule has 0 N–H and O–H groups in total. The first-order chi connectivity index (χ1) is 9.22. The summed E-state index contributed by atoms with van der Waals surface area (Å²) in [5.41, 5.74) is 0. The minimum atomic E-state index is 0.808. The van der Waals surface area contributed by atoms with Crippen LogP contribution in [0, 0.1) is 53.3 Å². The van der Waals surface area contributed by atoms with E-state index in [0.29, 0.717) is 0 Å². The van der Waals surface area contributed by atoms with Crippen molar-refractivity contribution in [1.82, 2.24) is 0 Å². The zero-order chi connectivity index (χ0) is 15.6. The molecule has 0 aromatic heterocycles. The molecule has 7 unspecified atom stereocenters. The quantitative estimate of drug-likeness (QED) is 0.520. The molecule has 0 aromatic rings. The van der Waals surface area contributed by atoms with Gasteiger partial charge in [0.15, 0.2) is 0 Å².